The minimum absolute atomic E-state index is 0.802. The predicted octanol–water partition coefficient (Wildman–Crippen LogP) is 1.97. The molecule has 0 saturated carbocycles. The lowest BCUT2D eigenvalue weighted by molar-refractivity contribution is -0.395. The van der Waals surface area contributed by atoms with Crippen LogP contribution in [0.4, 0.5) is 0 Å². The Bertz CT molecular complexity index is 261. The van der Waals surface area contributed by atoms with Crippen LogP contribution in [0.5, 0.6) is 0 Å². The van der Waals surface area contributed by atoms with Crippen molar-refractivity contribution in [1.82, 2.24) is 0 Å². The van der Waals surface area contributed by atoms with Gasteiger partial charge in [0, 0.05) is 12.0 Å². The van der Waals surface area contributed by atoms with E-state index in [0.29, 0.717) is 0 Å². The Balaban J connectivity index is 2.36. The smallest absolute Gasteiger partial charge is 0.215 e. The molecule has 2 rings (SSSR count). The predicted molar refractivity (Wildman–Crippen MR) is 44.3 cm³/mol. The third-order valence-electron chi connectivity index (χ3n) is 2.19. The SMILES string of the molecule is [O-][N+]1=CCC=C2CCCC=C21. The van der Waals surface area contributed by atoms with Gasteiger partial charge in [-0.3, -0.25) is 0 Å². The zero-order chi connectivity index (χ0) is 7.68. The standard InChI is InChI=1S/C9H11NO/c11-10-7-3-5-8-4-1-2-6-9(8)10/h5-7H,1-4H2. The number of hydrogen-bond donors (Lipinski definition) is 0. The quantitative estimate of drug-likeness (QED) is 0.382. The number of rotatable bonds is 0. The summed E-state index contributed by atoms with van der Waals surface area (Å²) in [7, 11) is 0. The monoisotopic (exact) mass is 149 g/mol. The van der Waals surface area contributed by atoms with Crippen LogP contribution in [0.1, 0.15) is 25.7 Å². The van der Waals surface area contributed by atoms with E-state index in [1.807, 2.05) is 6.08 Å². The second kappa shape index (κ2) is 2.53. The first-order chi connectivity index (χ1) is 5.38. The van der Waals surface area contributed by atoms with E-state index >= 15 is 0 Å². The molecule has 0 amide bonds. The van der Waals surface area contributed by atoms with Gasteiger partial charge in [0.1, 0.15) is 0 Å². The normalized spacial score (nSPS) is 23.1. The number of nitrogens with zero attached hydrogens (tertiary/aromatic N) is 1. The van der Waals surface area contributed by atoms with Crippen molar-refractivity contribution in [3.8, 4) is 0 Å². The van der Waals surface area contributed by atoms with Gasteiger partial charge in [0.25, 0.3) is 0 Å². The molecular formula is C9H11NO. The molecule has 0 saturated heterocycles. The first kappa shape index (κ1) is 6.65. The molecule has 0 spiro atoms. The van der Waals surface area contributed by atoms with Gasteiger partial charge in [-0.2, -0.15) is 4.74 Å². The van der Waals surface area contributed by atoms with E-state index in [4.69, 9.17) is 0 Å². The van der Waals surface area contributed by atoms with Crippen molar-refractivity contribution in [3.05, 3.63) is 28.6 Å². The molecule has 0 atom stereocenters. The van der Waals surface area contributed by atoms with Crippen LogP contribution in [-0.4, -0.2) is 11.0 Å². The van der Waals surface area contributed by atoms with Crippen molar-refractivity contribution in [1.29, 1.82) is 0 Å². The maximum absolute atomic E-state index is 11.2. The summed E-state index contributed by atoms with van der Waals surface area (Å²) in [5, 5.41) is 11.2. The minimum atomic E-state index is 0.802. The van der Waals surface area contributed by atoms with E-state index in [1.165, 1.54) is 12.0 Å². The summed E-state index contributed by atoms with van der Waals surface area (Å²) >= 11 is 0. The highest BCUT2D eigenvalue weighted by atomic mass is 16.5. The maximum atomic E-state index is 11.2. The molecule has 0 aromatic carbocycles. The van der Waals surface area contributed by atoms with E-state index in [0.717, 1.165) is 29.7 Å². The molecule has 2 heteroatoms. The summed E-state index contributed by atoms with van der Waals surface area (Å²) in [6.07, 6.45) is 10.0. The molecule has 0 bridgehead atoms. The third-order valence-corrected chi connectivity index (χ3v) is 2.19. The molecule has 0 unspecified atom stereocenters. The molecular weight excluding hydrogens is 138 g/mol. The minimum Gasteiger partial charge on any atom is -0.619 e. The van der Waals surface area contributed by atoms with E-state index in [-0.39, 0.29) is 0 Å². The fourth-order valence-corrected chi connectivity index (χ4v) is 1.62. The van der Waals surface area contributed by atoms with E-state index in [9.17, 15) is 5.21 Å². The van der Waals surface area contributed by atoms with Gasteiger partial charge in [0.05, 0.1) is 0 Å². The number of fused-ring (bicyclic) bond motifs is 1. The van der Waals surface area contributed by atoms with Gasteiger partial charge in [0.2, 0.25) is 5.70 Å². The Morgan fingerprint density at radius 3 is 3.09 bits per heavy atom. The average molecular weight is 149 g/mol. The second-order valence-corrected chi connectivity index (χ2v) is 2.96. The highest BCUT2D eigenvalue weighted by molar-refractivity contribution is 5.58. The van der Waals surface area contributed by atoms with E-state index in [1.54, 1.807) is 6.21 Å². The zero-order valence-electron chi connectivity index (χ0n) is 6.42. The Kier molecular flexibility index (Phi) is 1.53. The van der Waals surface area contributed by atoms with Crippen LogP contribution in [0.3, 0.4) is 0 Å². The molecule has 0 fully saturated rings. The summed E-state index contributed by atoms with van der Waals surface area (Å²) in [5.41, 5.74) is 2.14. The van der Waals surface area contributed by atoms with Crippen LogP contribution in [0, 0.1) is 5.21 Å². The van der Waals surface area contributed by atoms with Crippen LogP contribution in [0.25, 0.3) is 0 Å². The highest BCUT2D eigenvalue weighted by Gasteiger charge is 2.19. The second-order valence-electron chi connectivity index (χ2n) is 2.96. The number of hydrogen-bond acceptors (Lipinski definition) is 1. The van der Waals surface area contributed by atoms with Gasteiger partial charge in [-0.25, -0.2) is 0 Å². The Morgan fingerprint density at radius 1 is 1.36 bits per heavy atom. The van der Waals surface area contributed by atoms with Crippen LogP contribution in [-0.2, 0) is 0 Å². The molecule has 0 N–H and O–H groups in total. The molecule has 2 aliphatic rings. The fourth-order valence-electron chi connectivity index (χ4n) is 1.62. The molecule has 0 aromatic rings. The van der Waals surface area contributed by atoms with Crippen molar-refractivity contribution in [2.75, 3.05) is 0 Å². The van der Waals surface area contributed by atoms with Crippen molar-refractivity contribution in [2.45, 2.75) is 25.7 Å². The van der Waals surface area contributed by atoms with Gasteiger partial charge in [-0.1, -0.05) is 6.08 Å². The molecule has 2 nitrogen and oxygen atoms in total. The Hall–Kier alpha value is -1.05. The van der Waals surface area contributed by atoms with Crippen molar-refractivity contribution < 1.29 is 4.74 Å². The molecule has 58 valence electrons. The summed E-state index contributed by atoms with van der Waals surface area (Å²) in [6.45, 7) is 0. The first-order valence-electron chi connectivity index (χ1n) is 4.07. The average Bonchev–Trinajstić information content (AvgIpc) is 2.06. The third kappa shape index (κ3) is 1.09. The van der Waals surface area contributed by atoms with Crippen LogP contribution < -0.4 is 0 Å². The summed E-state index contributed by atoms with van der Waals surface area (Å²) in [4.78, 5) is 0. The lowest BCUT2D eigenvalue weighted by Gasteiger charge is -2.17. The number of allylic oxidation sites excluding steroid dienone is 3. The van der Waals surface area contributed by atoms with Crippen molar-refractivity contribution in [2.24, 2.45) is 0 Å². The molecule has 1 aliphatic carbocycles. The highest BCUT2D eigenvalue weighted by Crippen LogP contribution is 2.26. The molecule has 11 heavy (non-hydrogen) atoms. The van der Waals surface area contributed by atoms with Gasteiger partial charge in [0.15, 0.2) is 6.21 Å². The molecule has 1 heterocycles. The fraction of sp³-hybridized carbons (Fsp3) is 0.444. The van der Waals surface area contributed by atoms with Gasteiger partial charge in [-0.15, -0.1) is 0 Å². The lowest BCUT2D eigenvalue weighted by Crippen LogP contribution is -2.13. The maximum Gasteiger partial charge on any atom is 0.215 e. The summed E-state index contributed by atoms with van der Waals surface area (Å²) < 4.78 is 1.01. The zero-order valence-corrected chi connectivity index (χ0v) is 6.42. The summed E-state index contributed by atoms with van der Waals surface area (Å²) in [5.74, 6) is 0. The number of hydroxylamine groups is 1. The molecule has 0 radical (unpaired) electrons. The molecule has 1 aliphatic heterocycles. The van der Waals surface area contributed by atoms with Gasteiger partial charge >= 0.3 is 0 Å². The lowest BCUT2D eigenvalue weighted by atomic mass is 9.96. The van der Waals surface area contributed by atoms with E-state index in [2.05, 4.69) is 6.08 Å². The van der Waals surface area contributed by atoms with Crippen LogP contribution >= 0.6 is 0 Å². The van der Waals surface area contributed by atoms with Crippen LogP contribution in [0.15, 0.2) is 23.4 Å². The van der Waals surface area contributed by atoms with Gasteiger partial charge in [-0.05, 0) is 25.3 Å². The van der Waals surface area contributed by atoms with Gasteiger partial charge < -0.3 is 5.21 Å². The largest absolute Gasteiger partial charge is 0.619 e. The van der Waals surface area contributed by atoms with E-state index < -0.39 is 0 Å². The first-order valence-corrected chi connectivity index (χ1v) is 4.07. The Labute approximate surface area is 66.1 Å². The Morgan fingerprint density at radius 2 is 2.27 bits per heavy atom. The molecule has 0 aromatic heterocycles. The topological polar surface area (TPSA) is 26.1 Å². The summed E-state index contributed by atoms with van der Waals surface area (Å²) in [6, 6.07) is 0. The van der Waals surface area contributed by atoms with Crippen LogP contribution in [0.2, 0.25) is 0 Å². The van der Waals surface area contributed by atoms with Crippen molar-refractivity contribution in [3.63, 3.8) is 0 Å². The van der Waals surface area contributed by atoms with Crippen molar-refractivity contribution >= 4 is 6.21 Å².